The van der Waals surface area contributed by atoms with Crippen molar-refractivity contribution in [2.75, 3.05) is 90.4 Å². The molecule has 0 spiro atoms. The van der Waals surface area contributed by atoms with Gasteiger partial charge in [0.05, 0.1) is 37.6 Å². The highest BCUT2D eigenvalue weighted by Crippen LogP contribution is 2.44. The number of piperazine rings is 1. The number of hydrogen-bond acceptors (Lipinski definition) is 10. The van der Waals surface area contributed by atoms with Gasteiger partial charge >= 0.3 is 12.1 Å². The summed E-state index contributed by atoms with van der Waals surface area (Å²) in [5.74, 6) is -1.61. The van der Waals surface area contributed by atoms with Crippen LogP contribution in [0.2, 0.25) is 0 Å². The zero-order chi connectivity index (χ0) is 39.7. The molecule has 0 bridgehead atoms. The first-order valence-corrected chi connectivity index (χ1v) is 19.9. The Bertz CT molecular complexity index is 2090. The summed E-state index contributed by atoms with van der Waals surface area (Å²) in [6.45, 7) is 7.35. The van der Waals surface area contributed by atoms with Crippen molar-refractivity contribution < 1.29 is 37.7 Å². The summed E-state index contributed by atoms with van der Waals surface area (Å²) in [6.07, 6.45) is 3.17. The summed E-state index contributed by atoms with van der Waals surface area (Å²) in [6, 6.07) is 19.4. The molecule has 14 heteroatoms. The Hall–Kier alpha value is -5.31. The van der Waals surface area contributed by atoms with Crippen LogP contribution in [0.5, 0.6) is 0 Å². The van der Waals surface area contributed by atoms with Gasteiger partial charge in [0.15, 0.2) is 0 Å². The summed E-state index contributed by atoms with van der Waals surface area (Å²) in [4.78, 5) is 55.3. The van der Waals surface area contributed by atoms with Crippen molar-refractivity contribution in [2.45, 2.75) is 38.1 Å². The number of carbonyl (C=O) groups excluding carboxylic acids is 3. The number of fused-ring (bicyclic) bond motifs is 4. The molecular formula is C43H50FN5O8. The number of carbonyl (C=O) groups is 3. The number of alkyl carbamates (subject to hydrolysis) is 1. The van der Waals surface area contributed by atoms with Gasteiger partial charge in [-0.25, -0.2) is 14.0 Å². The highest BCUT2D eigenvalue weighted by Gasteiger charge is 2.30. The van der Waals surface area contributed by atoms with Crippen molar-refractivity contribution >= 4 is 34.6 Å². The lowest BCUT2D eigenvalue weighted by Crippen LogP contribution is -2.46. The molecule has 13 nitrogen and oxygen atoms in total. The molecular weight excluding hydrogens is 733 g/mol. The van der Waals surface area contributed by atoms with Crippen molar-refractivity contribution in [3.63, 3.8) is 0 Å². The standard InChI is InChI=1S/C43H50FN5O8/c1-2-47-16-18-48(19-17-47)39-25-38-34(24-37(39)44)41(51)35(26-49(38)29-12-13-29)42(52)56-20-7-14-45-40(50)28-55-23-22-54-21-15-46-43(53)57-27-36-32-10-5-3-8-30(32)31-9-4-6-11-33(31)36/h3-6,8-11,24-26,29,36H,2,7,12-23,27-28H2,1H3,(H,45,50)(H,46,53). The van der Waals surface area contributed by atoms with E-state index >= 15 is 4.39 Å². The predicted molar refractivity (Wildman–Crippen MR) is 213 cm³/mol. The fourth-order valence-electron chi connectivity index (χ4n) is 7.56. The summed E-state index contributed by atoms with van der Waals surface area (Å²) < 4.78 is 39.1. The van der Waals surface area contributed by atoms with E-state index in [2.05, 4.69) is 46.7 Å². The molecule has 0 unspecified atom stereocenters. The van der Waals surface area contributed by atoms with Crippen LogP contribution in [-0.2, 0) is 23.7 Å². The number of amides is 2. The fourth-order valence-corrected chi connectivity index (χ4v) is 7.56. The van der Waals surface area contributed by atoms with Crippen molar-refractivity contribution in [3.8, 4) is 11.1 Å². The first-order valence-electron chi connectivity index (χ1n) is 19.9. The van der Waals surface area contributed by atoms with Crippen LogP contribution in [0.25, 0.3) is 22.0 Å². The van der Waals surface area contributed by atoms with Crippen molar-refractivity contribution in [2.24, 2.45) is 0 Å². The van der Waals surface area contributed by atoms with Crippen LogP contribution in [0.3, 0.4) is 0 Å². The van der Waals surface area contributed by atoms with Gasteiger partial charge in [0.2, 0.25) is 11.3 Å². The summed E-state index contributed by atoms with van der Waals surface area (Å²) in [7, 11) is 0. The molecule has 2 amide bonds. The average Bonchev–Trinajstić information content (AvgIpc) is 4.03. The van der Waals surface area contributed by atoms with Gasteiger partial charge < -0.3 is 43.9 Å². The monoisotopic (exact) mass is 783 g/mol. The van der Waals surface area contributed by atoms with Crippen molar-refractivity contribution in [1.29, 1.82) is 0 Å². The van der Waals surface area contributed by atoms with Crippen LogP contribution >= 0.6 is 0 Å². The molecule has 1 saturated carbocycles. The molecule has 2 N–H and O–H groups in total. The van der Waals surface area contributed by atoms with E-state index in [1.165, 1.54) is 17.2 Å². The lowest BCUT2D eigenvalue weighted by atomic mass is 9.98. The van der Waals surface area contributed by atoms with Crippen LogP contribution < -0.4 is 21.0 Å². The predicted octanol–water partition coefficient (Wildman–Crippen LogP) is 4.85. The second-order valence-electron chi connectivity index (χ2n) is 14.5. The number of hydrogen-bond donors (Lipinski definition) is 2. The number of esters is 1. The van der Waals surface area contributed by atoms with E-state index in [0.717, 1.165) is 43.6 Å². The molecule has 1 saturated heterocycles. The van der Waals surface area contributed by atoms with Gasteiger partial charge in [-0.05, 0) is 60.2 Å². The summed E-state index contributed by atoms with van der Waals surface area (Å²) in [5, 5.41) is 5.56. The highest BCUT2D eigenvalue weighted by molar-refractivity contribution is 5.94. The van der Waals surface area contributed by atoms with Crippen LogP contribution in [-0.4, -0.2) is 113 Å². The van der Waals surface area contributed by atoms with E-state index in [4.69, 9.17) is 18.9 Å². The SMILES string of the molecule is CCN1CCN(c2cc3c(cc2F)c(=O)c(C(=O)OCCCNC(=O)COCCOCCNC(=O)OCC2c4ccccc4-c4ccccc42)cn3C2CC2)CC1. The van der Waals surface area contributed by atoms with E-state index in [9.17, 15) is 19.2 Å². The van der Waals surface area contributed by atoms with Crippen LogP contribution in [0.15, 0.2) is 71.7 Å². The lowest BCUT2D eigenvalue weighted by molar-refractivity contribution is -0.126. The Morgan fingerprint density at radius 2 is 1.53 bits per heavy atom. The average molecular weight is 784 g/mol. The maximum Gasteiger partial charge on any atom is 0.407 e. The number of benzene rings is 3. The number of halogens is 1. The zero-order valence-electron chi connectivity index (χ0n) is 32.3. The smallest absolute Gasteiger partial charge is 0.407 e. The van der Waals surface area contributed by atoms with Gasteiger partial charge in [0.25, 0.3) is 0 Å². The Morgan fingerprint density at radius 3 is 2.23 bits per heavy atom. The first-order chi connectivity index (χ1) is 27.8. The number of pyridine rings is 1. The van der Waals surface area contributed by atoms with Crippen molar-refractivity contribution in [3.05, 3.63) is 99.6 Å². The molecule has 7 rings (SSSR count). The molecule has 1 aliphatic heterocycles. The Kier molecular flexibility index (Phi) is 13.1. The van der Waals surface area contributed by atoms with Crippen LogP contribution in [0.4, 0.5) is 14.9 Å². The molecule has 3 aromatic carbocycles. The lowest BCUT2D eigenvalue weighted by Gasteiger charge is -2.35. The molecule has 2 heterocycles. The van der Waals surface area contributed by atoms with Gasteiger partial charge in [-0.2, -0.15) is 0 Å². The second-order valence-corrected chi connectivity index (χ2v) is 14.5. The molecule has 4 aromatic rings. The Labute approximate surface area is 331 Å². The fraction of sp³-hybridized carbons (Fsp3) is 0.442. The molecule has 0 radical (unpaired) electrons. The minimum absolute atomic E-state index is 0.0132. The third-order valence-electron chi connectivity index (χ3n) is 10.8. The van der Waals surface area contributed by atoms with Gasteiger partial charge in [-0.3, -0.25) is 9.59 Å². The van der Waals surface area contributed by atoms with E-state index in [1.807, 2.05) is 33.7 Å². The van der Waals surface area contributed by atoms with Gasteiger partial charge in [-0.1, -0.05) is 55.5 Å². The third kappa shape index (κ3) is 9.63. The molecule has 57 heavy (non-hydrogen) atoms. The van der Waals surface area contributed by atoms with E-state index in [0.29, 0.717) is 30.7 Å². The molecule has 2 fully saturated rings. The second kappa shape index (κ2) is 18.8. The van der Waals surface area contributed by atoms with Crippen LogP contribution in [0, 0.1) is 5.82 Å². The van der Waals surface area contributed by atoms with Gasteiger partial charge in [0.1, 0.15) is 24.6 Å². The highest BCUT2D eigenvalue weighted by atomic mass is 19.1. The quantitative estimate of drug-likeness (QED) is 0.106. The summed E-state index contributed by atoms with van der Waals surface area (Å²) >= 11 is 0. The molecule has 2 aliphatic carbocycles. The topological polar surface area (TPSA) is 141 Å². The molecule has 0 atom stereocenters. The Balaban J connectivity index is 0.757. The van der Waals surface area contributed by atoms with E-state index in [1.54, 1.807) is 12.3 Å². The number of ether oxygens (including phenoxy) is 4. The number of anilines is 1. The molecule has 1 aromatic heterocycles. The maximum absolute atomic E-state index is 15.4. The minimum atomic E-state index is -0.778. The van der Waals surface area contributed by atoms with Crippen molar-refractivity contribution in [1.82, 2.24) is 20.1 Å². The molecule has 302 valence electrons. The number of nitrogens with zero attached hydrogens (tertiary/aromatic N) is 3. The van der Waals surface area contributed by atoms with E-state index in [-0.39, 0.29) is 81.5 Å². The van der Waals surface area contributed by atoms with Gasteiger partial charge in [0, 0.05) is 62.8 Å². The maximum atomic E-state index is 15.4. The minimum Gasteiger partial charge on any atom is -0.462 e. The largest absolute Gasteiger partial charge is 0.462 e. The number of likely N-dealkylation sites (N-methyl/N-ethyl adjacent to an activating group) is 1. The third-order valence-corrected chi connectivity index (χ3v) is 10.8. The molecule has 3 aliphatic rings. The normalized spacial score (nSPS) is 15.3. The van der Waals surface area contributed by atoms with E-state index < -0.39 is 23.3 Å². The number of aromatic nitrogens is 1. The zero-order valence-corrected chi connectivity index (χ0v) is 32.3. The van der Waals surface area contributed by atoms with Gasteiger partial charge in [-0.15, -0.1) is 0 Å². The number of rotatable bonds is 18. The first kappa shape index (κ1) is 39.9. The Morgan fingerprint density at radius 1 is 0.825 bits per heavy atom. The number of nitrogens with one attached hydrogen (secondary N) is 2. The van der Waals surface area contributed by atoms with Crippen LogP contribution in [0.1, 0.15) is 59.6 Å². The summed E-state index contributed by atoms with van der Waals surface area (Å²) in [5.41, 5.74) is 5.02.